The highest BCUT2D eigenvalue weighted by Gasteiger charge is 2.00. The van der Waals surface area contributed by atoms with Crippen molar-refractivity contribution in [2.45, 2.75) is 0 Å². The molecule has 1 amide bonds. The number of carbonyl (C=O) groups is 1. The second-order valence-corrected chi connectivity index (χ2v) is 4.19. The van der Waals surface area contributed by atoms with Crippen LogP contribution in [-0.4, -0.2) is 11.0 Å². The fourth-order valence-electron chi connectivity index (χ4n) is 1.38. The molecule has 0 aliphatic rings. The Kier molecular flexibility index (Phi) is 4.91. The van der Waals surface area contributed by atoms with E-state index in [9.17, 15) is 4.79 Å². The maximum Gasteiger partial charge on any atom is 0.250 e. The van der Waals surface area contributed by atoms with Gasteiger partial charge >= 0.3 is 0 Å². The highest BCUT2D eigenvalue weighted by molar-refractivity contribution is 7.80. The SMILES string of the molecule is O=C(/C=C/c1ccco1)NC(=S)NNc1ccccc1. The quantitative estimate of drug-likeness (QED) is 0.457. The van der Waals surface area contributed by atoms with Crippen molar-refractivity contribution in [3.8, 4) is 0 Å². The summed E-state index contributed by atoms with van der Waals surface area (Å²) in [5.41, 5.74) is 6.43. The first kappa shape index (κ1) is 13.8. The number of hydrogen-bond donors (Lipinski definition) is 3. The molecular formula is C14H13N3O2S. The number of para-hydroxylation sites is 1. The minimum Gasteiger partial charge on any atom is -0.465 e. The van der Waals surface area contributed by atoms with Gasteiger partial charge in [0.2, 0.25) is 5.91 Å². The van der Waals surface area contributed by atoms with Crippen LogP contribution in [0.4, 0.5) is 5.69 Å². The zero-order chi connectivity index (χ0) is 14.2. The molecule has 0 fully saturated rings. The van der Waals surface area contributed by atoms with Gasteiger partial charge in [0, 0.05) is 6.08 Å². The third-order valence-corrected chi connectivity index (χ3v) is 2.48. The van der Waals surface area contributed by atoms with Gasteiger partial charge in [0.15, 0.2) is 5.11 Å². The normalized spacial score (nSPS) is 10.2. The van der Waals surface area contributed by atoms with Crippen molar-refractivity contribution in [2.75, 3.05) is 5.43 Å². The minimum absolute atomic E-state index is 0.183. The topological polar surface area (TPSA) is 66.3 Å². The van der Waals surface area contributed by atoms with Crippen molar-refractivity contribution in [1.29, 1.82) is 0 Å². The lowest BCUT2D eigenvalue weighted by molar-refractivity contribution is -0.115. The summed E-state index contributed by atoms with van der Waals surface area (Å²) in [7, 11) is 0. The summed E-state index contributed by atoms with van der Waals surface area (Å²) >= 11 is 4.98. The molecule has 1 aromatic carbocycles. The molecule has 6 heteroatoms. The molecule has 2 rings (SSSR count). The summed E-state index contributed by atoms with van der Waals surface area (Å²) in [5.74, 6) is 0.259. The zero-order valence-electron chi connectivity index (χ0n) is 10.5. The predicted molar refractivity (Wildman–Crippen MR) is 81.7 cm³/mol. The number of rotatable bonds is 4. The smallest absolute Gasteiger partial charge is 0.250 e. The van der Waals surface area contributed by atoms with Crippen LogP contribution in [0.2, 0.25) is 0 Å². The van der Waals surface area contributed by atoms with E-state index in [-0.39, 0.29) is 11.0 Å². The number of hydrogen-bond acceptors (Lipinski definition) is 4. The van der Waals surface area contributed by atoms with Crippen molar-refractivity contribution in [1.82, 2.24) is 10.7 Å². The number of furan rings is 1. The van der Waals surface area contributed by atoms with Crippen molar-refractivity contribution in [3.05, 3.63) is 60.6 Å². The Morgan fingerprint density at radius 2 is 1.95 bits per heavy atom. The molecule has 0 saturated carbocycles. The molecule has 0 spiro atoms. The van der Waals surface area contributed by atoms with Gasteiger partial charge in [-0.1, -0.05) is 18.2 Å². The standard InChI is InChI=1S/C14H13N3O2S/c18-13(9-8-12-7-4-10-19-12)15-14(20)17-16-11-5-2-1-3-6-11/h1-10,16H,(H2,15,17,18,20)/b9-8+. The summed E-state index contributed by atoms with van der Waals surface area (Å²) < 4.78 is 5.07. The van der Waals surface area contributed by atoms with E-state index in [2.05, 4.69) is 16.2 Å². The van der Waals surface area contributed by atoms with Crippen molar-refractivity contribution >= 4 is 35.0 Å². The molecule has 1 aromatic heterocycles. The summed E-state index contributed by atoms with van der Waals surface area (Å²) in [4.78, 5) is 11.6. The molecule has 0 atom stereocenters. The van der Waals surface area contributed by atoms with Crippen LogP contribution in [0.3, 0.4) is 0 Å². The Morgan fingerprint density at radius 1 is 1.15 bits per heavy atom. The Bertz CT molecular complexity index is 594. The lowest BCUT2D eigenvalue weighted by Gasteiger charge is -2.10. The summed E-state index contributed by atoms with van der Waals surface area (Å²) in [6.07, 6.45) is 4.44. The molecule has 0 radical (unpaired) electrons. The molecule has 0 saturated heterocycles. The van der Waals surface area contributed by atoms with E-state index >= 15 is 0 Å². The summed E-state index contributed by atoms with van der Waals surface area (Å²) in [6, 6.07) is 12.9. The maximum atomic E-state index is 11.6. The molecule has 0 aliphatic carbocycles. The van der Waals surface area contributed by atoms with Crippen LogP contribution in [0.5, 0.6) is 0 Å². The summed E-state index contributed by atoms with van der Waals surface area (Å²) in [5, 5.41) is 2.69. The van der Waals surface area contributed by atoms with Gasteiger partial charge in [-0.25, -0.2) is 0 Å². The lowest BCUT2D eigenvalue weighted by atomic mass is 10.3. The van der Waals surface area contributed by atoms with Crippen molar-refractivity contribution in [3.63, 3.8) is 0 Å². The third kappa shape index (κ3) is 4.58. The fraction of sp³-hybridized carbons (Fsp3) is 0. The van der Waals surface area contributed by atoms with Gasteiger partial charge < -0.3 is 4.42 Å². The molecular weight excluding hydrogens is 274 g/mol. The Balaban J connectivity index is 1.75. The van der Waals surface area contributed by atoms with Gasteiger partial charge in [-0.3, -0.25) is 21.0 Å². The minimum atomic E-state index is -0.339. The molecule has 3 N–H and O–H groups in total. The van der Waals surface area contributed by atoms with Crippen LogP contribution in [-0.2, 0) is 4.79 Å². The molecule has 0 aliphatic heterocycles. The molecule has 1 heterocycles. The number of amides is 1. The average Bonchev–Trinajstić information content (AvgIpc) is 2.97. The van der Waals surface area contributed by atoms with Gasteiger partial charge in [-0.15, -0.1) is 0 Å². The Morgan fingerprint density at radius 3 is 2.65 bits per heavy atom. The van der Waals surface area contributed by atoms with Crippen molar-refractivity contribution in [2.24, 2.45) is 0 Å². The molecule has 20 heavy (non-hydrogen) atoms. The van der Waals surface area contributed by atoms with Crippen LogP contribution in [0.1, 0.15) is 5.76 Å². The fourth-order valence-corrected chi connectivity index (χ4v) is 1.53. The number of carbonyl (C=O) groups excluding carboxylic acids is 1. The van der Waals surface area contributed by atoms with Gasteiger partial charge in [0.1, 0.15) is 5.76 Å². The van der Waals surface area contributed by atoms with Crippen LogP contribution in [0.25, 0.3) is 6.08 Å². The average molecular weight is 287 g/mol. The molecule has 5 nitrogen and oxygen atoms in total. The molecule has 0 bridgehead atoms. The van der Waals surface area contributed by atoms with Gasteiger partial charge in [-0.2, -0.15) is 0 Å². The highest BCUT2D eigenvalue weighted by Crippen LogP contribution is 2.03. The largest absolute Gasteiger partial charge is 0.465 e. The van der Waals surface area contributed by atoms with Gasteiger partial charge in [0.05, 0.1) is 12.0 Å². The second-order valence-electron chi connectivity index (χ2n) is 3.78. The van der Waals surface area contributed by atoms with Crippen LogP contribution < -0.4 is 16.2 Å². The summed E-state index contributed by atoms with van der Waals surface area (Å²) in [6.45, 7) is 0. The first-order valence-corrected chi connectivity index (χ1v) is 6.28. The van der Waals surface area contributed by atoms with E-state index in [1.807, 2.05) is 30.3 Å². The third-order valence-electron chi connectivity index (χ3n) is 2.27. The first-order valence-electron chi connectivity index (χ1n) is 5.87. The van der Waals surface area contributed by atoms with E-state index in [1.165, 1.54) is 12.3 Å². The number of hydrazine groups is 1. The first-order chi connectivity index (χ1) is 9.74. The highest BCUT2D eigenvalue weighted by atomic mass is 32.1. The Labute approximate surface area is 121 Å². The van der Waals surface area contributed by atoms with Gasteiger partial charge in [-0.05, 0) is 42.6 Å². The van der Waals surface area contributed by atoms with E-state index in [0.717, 1.165) is 5.69 Å². The number of thiocarbonyl (C=S) groups is 1. The van der Waals surface area contributed by atoms with Gasteiger partial charge in [0.25, 0.3) is 0 Å². The molecule has 0 unspecified atom stereocenters. The van der Waals surface area contributed by atoms with E-state index in [1.54, 1.807) is 18.2 Å². The van der Waals surface area contributed by atoms with E-state index in [0.29, 0.717) is 5.76 Å². The molecule has 102 valence electrons. The number of benzene rings is 1. The number of nitrogens with one attached hydrogen (secondary N) is 3. The van der Waals surface area contributed by atoms with Crippen LogP contribution in [0.15, 0.2) is 59.2 Å². The molecule has 2 aromatic rings. The lowest BCUT2D eigenvalue weighted by Crippen LogP contribution is -2.41. The Hall–Kier alpha value is -2.60. The zero-order valence-corrected chi connectivity index (χ0v) is 11.3. The second kappa shape index (κ2) is 7.10. The van der Waals surface area contributed by atoms with E-state index < -0.39 is 0 Å². The van der Waals surface area contributed by atoms with Crippen LogP contribution >= 0.6 is 12.2 Å². The number of anilines is 1. The maximum absolute atomic E-state index is 11.6. The van der Waals surface area contributed by atoms with Crippen molar-refractivity contribution < 1.29 is 9.21 Å². The monoisotopic (exact) mass is 287 g/mol. The van der Waals surface area contributed by atoms with Crippen LogP contribution in [0, 0.1) is 0 Å². The predicted octanol–water partition coefficient (Wildman–Crippen LogP) is 2.31. The van der Waals surface area contributed by atoms with E-state index in [4.69, 9.17) is 16.6 Å².